The van der Waals surface area contributed by atoms with Crippen LogP contribution < -0.4 is 11.1 Å². The van der Waals surface area contributed by atoms with E-state index in [1.807, 2.05) is 31.2 Å². The fraction of sp³-hybridized carbons (Fsp3) is 0.292. The first kappa shape index (κ1) is 23.4. The number of benzene rings is 1. The van der Waals surface area contributed by atoms with E-state index >= 15 is 0 Å². The number of nitrogens with zero attached hydrogens (tertiary/aromatic N) is 2. The Hall–Kier alpha value is -3.26. The number of fused-ring (bicyclic) bond motifs is 1. The number of pyridine rings is 1. The lowest BCUT2D eigenvalue weighted by Gasteiger charge is -2.22. The van der Waals surface area contributed by atoms with Gasteiger partial charge in [-0.2, -0.15) is 0 Å². The summed E-state index contributed by atoms with van der Waals surface area (Å²) in [6, 6.07) is 9.65. The number of aliphatic imine (C=N–C) groups is 1. The number of aromatic nitrogens is 1. The van der Waals surface area contributed by atoms with Crippen LogP contribution in [0.4, 0.5) is 5.82 Å². The molecule has 0 saturated carbocycles. The first-order valence-corrected chi connectivity index (χ1v) is 11.4. The normalized spacial score (nSPS) is 15.8. The molecule has 2 aromatic rings. The van der Waals surface area contributed by atoms with Crippen molar-refractivity contribution in [2.45, 2.75) is 38.0 Å². The second-order valence-corrected chi connectivity index (χ2v) is 8.77. The van der Waals surface area contributed by atoms with Crippen LogP contribution >= 0.6 is 11.8 Å². The number of rotatable bonds is 7. The van der Waals surface area contributed by atoms with Crippen molar-refractivity contribution in [3.8, 4) is 0 Å². The number of aryl methyl sites for hydroxylation is 2. The lowest BCUT2D eigenvalue weighted by atomic mass is 9.84. The van der Waals surface area contributed by atoms with Gasteiger partial charge < -0.3 is 11.1 Å². The number of nitrogens with one attached hydrogen (secondary N) is 1. The van der Waals surface area contributed by atoms with Gasteiger partial charge in [0.05, 0.1) is 18.0 Å². The zero-order chi connectivity index (χ0) is 23.1. The molecule has 1 atom stereocenters. The largest absolute Gasteiger partial charge is 0.404 e. The van der Waals surface area contributed by atoms with Crippen molar-refractivity contribution in [1.82, 2.24) is 4.98 Å². The molecule has 1 unspecified atom stereocenters. The molecule has 0 radical (unpaired) electrons. The molecule has 8 heteroatoms. The molecular formula is C24H26N4O3S. The Morgan fingerprint density at radius 3 is 2.75 bits per heavy atom. The minimum Gasteiger partial charge on any atom is -0.404 e. The lowest BCUT2D eigenvalue weighted by Crippen LogP contribution is -2.27. The van der Waals surface area contributed by atoms with Crippen molar-refractivity contribution < 1.29 is 14.4 Å². The Morgan fingerprint density at radius 1 is 1.31 bits per heavy atom. The SMILES string of the molecule is CCSc1ccc(CC(=O)Nc2cc(C)c3c(n2)CCC(C=NC(=O)C=CN)C3=O)cc1. The first-order chi connectivity index (χ1) is 15.4. The Balaban J connectivity index is 1.68. The van der Waals surface area contributed by atoms with Crippen molar-refractivity contribution >= 4 is 41.4 Å². The number of carbonyl (C=O) groups is 3. The number of ketones is 1. The van der Waals surface area contributed by atoms with Crippen LogP contribution in [-0.4, -0.2) is 34.5 Å². The number of amides is 2. The van der Waals surface area contributed by atoms with E-state index < -0.39 is 11.8 Å². The Labute approximate surface area is 191 Å². The average Bonchev–Trinajstić information content (AvgIpc) is 2.74. The fourth-order valence-electron chi connectivity index (χ4n) is 3.60. The first-order valence-electron chi connectivity index (χ1n) is 10.4. The van der Waals surface area contributed by atoms with Gasteiger partial charge in [-0.05, 0) is 61.0 Å². The van der Waals surface area contributed by atoms with Crippen molar-refractivity contribution in [3.05, 3.63) is 65.0 Å². The van der Waals surface area contributed by atoms with Crippen LogP contribution in [0.2, 0.25) is 0 Å². The van der Waals surface area contributed by atoms with Crippen molar-refractivity contribution in [3.63, 3.8) is 0 Å². The van der Waals surface area contributed by atoms with E-state index in [-0.39, 0.29) is 18.1 Å². The number of hydrogen-bond acceptors (Lipinski definition) is 6. The van der Waals surface area contributed by atoms with E-state index in [0.717, 1.165) is 29.2 Å². The maximum Gasteiger partial charge on any atom is 0.270 e. The number of anilines is 1. The van der Waals surface area contributed by atoms with E-state index in [4.69, 9.17) is 5.73 Å². The standard InChI is InChI=1S/C24H26N4O3S/c1-3-32-18-7-4-16(5-8-18)13-22(30)28-20-12-15(2)23-19(27-20)9-6-17(24(23)31)14-26-21(29)10-11-25/h4-5,7-8,10-12,14,17H,3,6,9,13,25H2,1-2H3,(H,27,28,30). The number of nitrogens with two attached hydrogens (primary N) is 1. The van der Waals surface area contributed by atoms with Crippen molar-refractivity contribution in [2.24, 2.45) is 16.6 Å². The maximum atomic E-state index is 12.9. The topological polar surface area (TPSA) is 115 Å². The summed E-state index contributed by atoms with van der Waals surface area (Å²) >= 11 is 1.76. The molecule has 1 aromatic heterocycles. The van der Waals surface area contributed by atoms with E-state index in [1.165, 1.54) is 11.1 Å². The third-order valence-corrected chi connectivity index (χ3v) is 5.95. The maximum absolute atomic E-state index is 12.9. The van der Waals surface area contributed by atoms with Crippen LogP contribution in [0.25, 0.3) is 0 Å². The second kappa shape index (κ2) is 10.9. The molecule has 1 aliphatic rings. The van der Waals surface area contributed by atoms with Gasteiger partial charge in [0.25, 0.3) is 5.91 Å². The Bertz CT molecular complexity index is 1080. The summed E-state index contributed by atoms with van der Waals surface area (Å²) in [6.07, 6.45) is 4.94. The predicted octanol–water partition coefficient (Wildman–Crippen LogP) is 3.50. The molecule has 0 fully saturated rings. The molecule has 0 bridgehead atoms. The zero-order valence-electron chi connectivity index (χ0n) is 18.1. The monoisotopic (exact) mass is 450 g/mol. The molecule has 1 aliphatic carbocycles. The third kappa shape index (κ3) is 5.91. The molecule has 1 aromatic carbocycles. The Kier molecular flexibility index (Phi) is 7.94. The highest BCUT2D eigenvalue weighted by molar-refractivity contribution is 7.99. The number of hydrogen-bond donors (Lipinski definition) is 2. The molecular weight excluding hydrogens is 424 g/mol. The summed E-state index contributed by atoms with van der Waals surface area (Å²) in [7, 11) is 0. The lowest BCUT2D eigenvalue weighted by molar-refractivity contribution is -0.115. The van der Waals surface area contributed by atoms with E-state index in [0.29, 0.717) is 29.9 Å². The van der Waals surface area contributed by atoms with Gasteiger partial charge in [0.2, 0.25) is 5.91 Å². The molecule has 166 valence electrons. The molecule has 1 heterocycles. The molecule has 3 N–H and O–H groups in total. The van der Waals surface area contributed by atoms with Gasteiger partial charge in [0.1, 0.15) is 5.82 Å². The van der Waals surface area contributed by atoms with E-state index in [1.54, 1.807) is 17.8 Å². The minimum absolute atomic E-state index is 0.118. The van der Waals surface area contributed by atoms with Crippen molar-refractivity contribution in [1.29, 1.82) is 0 Å². The van der Waals surface area contributed by atoms with Gasteiger partial charge >= 0.3 is 0 Å². The second-order valence-electron chi connectivity index (χ2n) is 7.43. The highest BCUT2D eigenvalue weighted by Crippen LogP contribution is 2.28. The van der Waals surface area contributed by atoms with Crippen LogP contribution in [0.5, 0.6) is 0 Å². The molecule has 0 saturated heterocycles. The van der Waals surface area contributed by atoms with Crippen LogP contribution in [0.15, 0.2) is 52.5 Å². The van der Waals surface area contributed by atoms with Crippen LogP contribution in [0.3, 0.4) is 0 Å². The summed E-state index contributed by atoms with van der Waals surface area (Å²) in [5, 5.41) is 2.84. The van der Waals surface area contributed by atoms with Gasteiger partial charge in [-0.25, -0.2) is 9.98 Å². The predicted molar refractivity (Wildman–Crippen MR) is 127 cm³/mol. The van der Waals surface area contributed by atoms with Crippen LogP contribution in [0.1, 0.15) is 40.5 Å². The third-order valence-electron chi connectivity index (χ3n) is 5.05. The fourth-order valence-corrected chi connectivity index (χ4v) is 4.26. The summed E-state index contributed by atoms with van der Waals surface area (Å²) in [5.74, 6) is 0.180. The van der Waals surface area contributed by atoms with Gasteiger partial charge in [0.15, 0.2) is 5.78 Å². The smallest absolute Gasteiger partial charge is 0.270 e. The number of Topliss-reactive ketones (excluding diaryl/α,β-unsaturated/α-hetero) is 1. The van der Waals surface area contributed by atoms with Crippen LogP contribution in [0, 0.1) is 12.8 Å². The Morgan fingerprint density at radius 2 is 2.06 bits per heavy atom. The zero-order valence-corrected chi connectivity index (χ0v) is 18.9. The highest BCUT2D eigenvalue weighted by Gasteiger charge is 2.29. The molecule has 0 spiro atoms. The number of carbonyl (C=O) groups excluding carboxylic acids is 3. The molecule has 2 amide bonds. The summed E-state index contributed by atoms with van der Waals surface area (Å²) in [5.41, 5.74) is 8.03. The molecule has 32 heavy (non-hydrogen) atoms. The van der Waals surface area contributed by atoms with Crippen molar-refractivity contribution in [2.75, 3.05) is 11.1 Å². The summed E-state index contributed by atoms with van der Waals surface area (Å²) in [6.45, 7) is 3.92. The van der Waals surface area contributed by atoms with Gasteiger partial charge in [-0.3, -0.25) is 14.4 Å². The van der Waals surface area contributed by atoms with E-state index in [2.05, 4.69) is 22.2 Å². The van der Waals surface area contributed by atoms with Gasteiger partial charge in [-0.15, -0.1) is 11.8 Å². The van der Waals surface area contributed by atoms with Crippen LogP contribution in [-0.2, 0) is 22.4 Å². The molecule has 3 rings (SSSR count). The molecule has 7 nitrogen and oxygen atoms in total. The van der Waals surface area contributed by atoms with Gasteiger partial charge in [-0.1, -0.05) is 19.1 Å². The summed E-state index contributed by atoms with van der Waals surface area (Å²) in [4.78, 5) is 46.3. The highest BCUT2D eigenvalue weighted by atomic mass is 32.2. The quantitative estimate of drug-likeness (QED) is 0.379. The minimum atomic E-state index is -0.502. The molecule has 0 aliphatic heterocycles. The van der Waals surface area contributed by atoms with Gasteiger partial charge in [0, 0.05) is 22.7 Å². The average molecular weight is 451 g/mol. The van der Waals surface area contributed by atoms with E-state index in [9.17, 15) is 14.4 Å². The number of thioether (sulfide) groups is 1. The summed E-state index contributed by atoms with van der Waals surface area (Å²) < 4.78 is 0.